The van der Waals surface area contributed by atoms with E-state index in [0.717, 1.165) is 30.3 Å². The second kappa shape index (κ2) is 9.52. The van der Waals surface area contributed by atoms with Gasteiger partial charge in [0.25, 0.3) is 10.0 Å². The quantitative estimate of drug-likeness (QED) is 0.452. The van der Waals surface area contributed by atoms with Gasteiger partial charge in [0.05, 0.1) is 0 Å². The number of halogens is 1. The lowest BCUT2D eigenvalue weighted by Gasteiger charge is -2.23. The van der Waals surface area contributed by atoms with Crippen molar-refractivity contribution in [1.82, 2.24) is 9.97 Å². The molecule has 1 heterocycles. The van der Waals surface area contributed by atoms with Gasteiger partial charge in [0.15, 0.2) is 0 Å². The summed E-state index contributed by atoms with van der Waals surface area (Å²) in [4.78, 5) is 8.67. The molecule has 2 aromatic carbocycles. The first-order chi connectivity index (χ1) is 15.4. The summed E-state index contributed by atoms with van der Waals surface area (Å²) in [5.74, 6) is 0.458. The van der Waals surface area contributed by atoms with Crippen molar-refractivity contribution in [2.75, 3.05) is 15.4 Å². The predicted molar refractivity (Wildman–Crippen MR) is 124 cm³/mol. The molecule has 0 aliphatic heterocycles. The van der Waals surface area contributed by atoms with Crippen LogP contribution in [0.3, 0.4) is 0 Å². The van der Waals surface area contributed by atoms with E-state index >= 15 is 0 Å². The Morgan fingerprint density at radius 1 is 0.938 bits per heavy atom. The molecule has 3 aromatic rings. The molecule has 0 radical (unpaired) electrons. The molecule has 4 rings (SSSR count). The van der Waals surface area contributed by atoms with Crippen LogP contribution in [0.2, 0.25) is 0 Å². The maximum atomic E-state index is 13.9. The smallest absolute Gasteiger partial charge is 0.264 e. The highest BCUT2D eigenvalue weighted by Gasteiger charge is 2.18. The van der Waals surface area contributed by atoms with Crippen LogP contribution in [0.15, 0.2) is 59.5 Å². The number of hydrogen-bond acceptors (Lipinski definition) is 6. The standard InChI is InChI=1S/C23H26FN5O2S/c1-16-15-22(28-23(25-16)27-17-7-3-2-4-8-17)26-18-11-13-19(14-12-18)29-32(30,31)21-10-6-5-9-20(21)24/h5-6,9-15,17,29H,2-4,7-8H2,1H3,(H2,25,26,27,28). The third-order valence-corrected chi connectivity index (χ3v) is 6.74. The fourth-order valence-corrected chi connectivity index (χ4v) is 4.91. The van der Waals surface area contributed by atoms with E-state index < -0.39 is 20.7 Å². The van der Waals surface area contributed by atoms with Crippen LogP contribution in [-0.4, -0.2) is 24.4 Å². The summed E-state index contributed by atoms with van der Waals surface area (Å²) in [6.07, 6.45) is 5.99. The minimum Gasteiger partial charge on any atom is -0.351 e. The first-order valence-corrected chi connectivity index (χ1v) is 12.1. The number of sulfonamides is 1. The van der Waals surface area contributed by atoms with Gasteiger partial charge in [-0.3, -0.25) is 4.72 Å². The van der Waals surface area contributed by atoms with E-state index in [4.69, 9.17) is 0 Å². The first-order valence-electron chi connectivity index (χ1n) is 10.7. The minimum atomic E-state index is -4.02. The Morgan fingerprint density at radius 2 is 1.62 bits per heavy atom. The van der Waals surface area contributed by atoms with E-state index in [1.165, 1.54) is 37.5 Å². The molecule has 0 amide bonds. The summed E-state index contributed by atoms with van der Waals surface area (Å²) in [6, 6.07) is 14.2. The van der Waals surface area contributed by atoms with Gasteiger partial charge in [-0.25, -0.2) is 17.8 Å². The zero-order valence-electron chi connectivity index (χ0n) is 17.8. The third kappa shape index (κ3) is 5.53. The van der Waals surface area contributed by atoms with Crippen LogP contribution in [0.5, 0.6) is 0 Å². The number of aryl methyl sites for hydroxylation is 1. The zero-order chi connectivity index (χ0) is 22.6. The molecule has 32 heavy (non-hydrogen) atoms. The maximum Gasteiger partial charge on any atom is 0.264 e. The molecule has 9 heteroatoms. The summed E-state index contributed by atoms with van der Waals surface area (Å²) in [7, 11) is -4.02. The molecule has 0 spiro atoms. The van der Waals surface area contributed by atoms with Gasteiger partial charge in [-0.1, -0.05) is 31.4 Å². The number of benzene rings is 2. The highest BCUT2D eigenvalue weighted by Crippen LogP contribution is 2.24. The van der Waals surface area contributed by atoms with Crippen LogP contribution in [0.25, 0.3) is 0 Å². The van der Waals surface area contributed by atoms with Crippen LogP contribution in [0.1, 0.15) is 37.8 Å². The molecular formula is C23H26FN5O2S. The Hall–Kier alpha value is -3.20. The van der Waals surface area contributed by atoms with Crippen molar-refractivity contribution >= 4 is 33.2 Å². The number of rotatable bonds is 7. The van der Waals surface area contributed by atoms with E-state index in [0.29, 0.717) is 23.5 Å². The van der Waals surface area contributed by atoms with Gasteiger partial charge in [-0.2, -0.15) is 4.98 Å². The summed E-state index contributed by atoms with van der Waals surface area (Å²) >= 11 is 0. The number of hydrogen-bond donors (Lipinski definition) is 3. The Bertz CT molecular complexity index is 1180. The van der Waals surface area contributed by atoms with E-state index in [9.17, 15) is 12.8 Å². The predicted octanol–water partition coefficient (Wildman–Crippen LogP) is 5.21. The second-order valence-electron chi connectivity index (χ2n) is 7.94. The lowest BCUT2D eigenvalue weighted by atomic mass is 9.96. The van der Waals surface area contributed by atoms with Crippen molar-refractivity contribution in [3.05, 3.63) is 66.1 Å². The highest BCUT2D eigenvalue weighted by molar-refractivity contribution is 7.92. The molecule has 7 nitrogen and oxygen atoms in total. The van der Waals surface area contributed by atoms with E-state index in [-0.39, 0.29) is 0 Å². The molecule has 1 saturated carbocycles. The second-order valence-corrected chi connectivity index (χ2v) is 9.59. The van der Waals surface area contributed by atoms with Gasteiger partial charge in [0.1, 0.15) is 16.5 Å². The van der Waals surface area contributed by atoms with Crippen molar-refractivity contribution in [3.8, 4) is 0 Å². The van der Waals surface area contributed by atoms with Crippen molar-refractivity contribution in [1.29, 1.82) is 0 Å². The summed E-state index contributed by atoms with van der Waals surface area (Å²) in [6.45, 7) is 1.92. The molecule has 3 N–H and O–H groups in total. The van der Waals surface area contributed by atoms with E-state index in [1.54, 1.807) is 24.3 Å². The monoisotopic (exact) mass is 455 g/mol. The van der Waals surface area contributed by atoms with Crippen LogP contribution >= 0.6 is 0 Å². The molecule has 1 aromatic heterocycles. The fraction of sp³-hybridized carbons (Fsp3) is 0.304. The van der Waals surface area contributed by atoms with Gasteiger partial charge < -0.3 is 10.6 Å². The molecule has 1 fully saturated rings. The van der Waals surface area contributed by atoms with Crippen LogP contribution < -0.4 is 15.4 Å². The third-order valence-electron chi connectivity index (χ3n) is 5.33. The number of nitrogens with zero attached hydrogens (tertiary/aromatic N) is 2. The van der Waals surface area contributed by atoms with Gasteiger partial charge in [0, 0.05) is 29.2 Å². The lowest BCUT2D eigenvalue weighted by Crippen LogP contribution is -2.23. The maximum absolute atomic E-state index is 13.9. The summed E-state index contributed by atoms with van der Waals surface area (Å²) < 4.78 is 41.2. The van der Waals surface area contributed by atoms with Gasteiger partial charge in [-0.05, 0) is 56.2 Å². The molecule has 168 valence electrons. The van der Waals surface area contributed by atoms with Crippen LogP contribution in [0, 0.1) is 12.7 Å². The Morgan fingerprint density at radius 3 is 2.34 bits per heavy atom. The number of anilines is 4. The summed E-state index contributed by atoms with van der Waals surface area (Å²) in [5.41, 5.74) is 1.91. The number of nitrogens with one attached hydrogen (secondary N) is 3. The van der Waals surface area contributed by atoms with Gasteiger partial charge in [0.2, 0.25) is 5.95 Å². The van der Waals surface area contributed by atoms with E-state index in [2.05, 4.69) is 25.3 Å². The van der Waals surface area contributed by atoms with Crippen molar-refractivity contribution in [2.45, 2.75) is 50.0 Å². The number of aromatic nitrogens is 2. The van der Waals surface area contributed by atoms with Crippen molar-refractivity contribution in [2.24, 2.45) is 0 Å². The molecule has 0 atom stereocenters. The normalized spacial score (nSPS) is 14.7. The Kier molecular flexibility index (Phi) is 6.55. The van der Waals surface area contributed by atoms with Gasteiger partial charge in [-0.15, -0.1) is 0 Å². The topological polar surface area (TPSA) is 96.0 Å². The van der Waals surface area contributed by atoms with Gasteiger partial charge >= 0.3 is 0 Å². The van der Waals surface area contributed by atoms with Crippen molar-refractivity contribution < 1.29 is 12.8 Å². The zero-order valence-corrected chi connectivity index (χ0v) is 18.6. The van der Waals surface area contributed by atoms with E-state index in [1.807, 2.05) is 13.0 Å². The Balaban J connectivity index is 1.44. The van der Waals surface area contributed by atoms with Crippen LogP contribution in [0.4, 0.5) is 27.5 Å². The Labute approximate surface area is 187 Å². The molecule has 0 bridgehead atoms. The minimum absolute atomic E-state index is 0.331. The highest BCUT2D eigenvalue weighted by atomic mass is 32.2. The largest absolute Gasteiger partial charge is 0.351 e. The summed E-state index contributed by atoms with van der Waals surface area (Å²) in [5, 5.41) is 6.66. The fourth-order valence-electron chi connectivity index (χ4n) is 3.77. The molecular weight excluding hydrogens is 429 g/mol. The average Bonchev–Trinajstić information content (AvgIpc) is 2.75. The lowest BCUT2D eigenvalue weighted by molar-refractivity contribution is 0.461. The van der Waals surface area contributed by atoms with Crippen LogP contribution in [-0.2, 0) is 10.0 Å². The SMILES string of the molecule is Cc1cc(Nc2ccc(NS(=O)(=O)c3ccccc3F)cc2)nc(NC2CCCCC2)n1. The molecule has 1 aliphatic rings. The first kappa shape index (κ1) is 22.0. The average molecular weight is 456 g/mol. The molecule has 0 unspecified atom stereocenters. The molecule has 1 aliphatic carbocycles. The molecule has 0 saturated heterocycles. The van der Waals surface area contributed by atoms with Crippen molar-refractivity contribution in [3.63, 3.8) is 0 Å².